The average molecular weight is 314 g/mol. The summed E-state index contributed by atoms with van der Waals surface area (Å²) in [6.07, 6.45) is -0.224. The normalized spacial score (nSPS) is 23.8. The zero-order chi connectivity index (χ0) is 16.1. The summed E-state index contributed by atoms with van der Waals surface area (Å²) >= 11 is 0. The highest BCUT2D eigenvalue weighted by molar-refractivity contribution is 5.90. The first-order chi connectivity index (χ1) is 10.6. The van der Waals surface area contributed by atoms with Crippen molar-refractivity contribution in [3.63, 3.8) is 0 Å². The van der Waals surface area contributed by atoms with Gasteiger partial charge in [0.05, 0.1) is 25.8 Å². The van der Waals surface area contributed by atoms with Gasteiger partial charge in [-0.05, 0) is 19.8 Å². The molecule has 2 unspecified atom stereocenters. The van der Waals surface area contributed by atoms with Gasteiger partial charge in [-0.25, -0.2) is 19.3 Å². The van der Waals surface area contributed by atoms with Crippen molar-refractivity contribution in [2.24, 2.45) is 0 Å². The second-order valence-corrected chi connectivity index (χ2v) is 5.26. The lowest BCUT2D eigenvalue weighted by molar-refractivity contribution is 0.0473. The van der Waals surface area contributed by atoms with E-state index in [-0.39, 0.29) is 19.2 Å². The maximum atomic E-state index is 12.0. The van der Waals surface area contributed by atoms with Gasteiger partial charge in [0.2, 0.25) is 0 Å². The molecule has 0 aromatic heterocycles. The highest BCUT2D eigenvalue weighted by atomic mass is 16.6. The molecule has 22 heavy (non-hydrogen) atoms. The van der Waals surface area contributed by atoms with Gasteiger partial charge in [-0.15, -0.1) is 0 Å². The molecule has 0 aliphatic carbocycles. The van der Waals surface area contributed by atoms with E-state index >= 15 is 0 Å². The van der Waals surface area contributed by atoms with Gasteiger partial charge in [0.25, 0.3) is 0 Å². The number of imide groups is 1. The maximum Gasteiger partial charge on any atom is 0.420 e. The number of piperidine rings is 1. The van der Waals surface area contributed by atoms with Gasteiger partial charge in [0, 0.05) is 6.54 Å². The van der Waals surface area contributed by atoms with Crippen LogP contribution in [0, 0.1) is 0 Å². The minimum Gasteiger partial charge on any atom is -0.450 e. The van der Waals surface area contributed by atoms with E-state index in [9.17, 15) is 14.4 Å². The Labute approximate surface area is 129 Å². The van der Waals surface area contributed by atoms with Gasteiger partial charge in [-0.3, -0.25) is 0 Å². The van der Waals surface area contributed by atoms with E-state index < -0.39 is 24.4 Å². The summed E-state index contributed by atoms with van der Waals surface area (Å²) in [6, 6.07) is -0.382. The van der Waals surface area contributed by atoms with Crippen LogP contribution in [0.2, 0.25) is 0 Å². The Balaban J connectivity index is 1.94. The van der Waals surface area contributed by atoms with Crippen molar-refractivity contribution in [1.82, 2.24) is 9.80 Å². The number of hydrogen-bond acceptors (Lipinski definition) is 6. The van der Waals surface area contributed by atoms with Crippen molar-refractivity contribution in [3.8, 4) is 0 Å². The summed E-state index contributed by atoms with van der Waals surface area (Å²) < 4.78 is 15.2. The second kappa shape index (κ2) is 7.33. The summed E-state index contributed by atoms with van der Waals surface area (Å²) in [7, 11) is 0. The van der Waals surface area contributed by atoms with Crippen molar-refractivity contribution in [2.45, 2.75) is 45.3 Å². The molecule has 0 spiro atoms. The number of carbonyl (C=O) groups excluding carboxylic acids is 3. The van der Waals surface area contributed by atoms with Gasteiger partial charge >= 0.3 is 18.3 Å². The minimum atomic E-state index is -0.706. The number of hydrogen-bond donors (Lipinski definition) is 0. The van der Waals surface area contributed by atoms with Crippen molar-refractivity contribution < 1.29 is 28.6 Å². The summed E-state index contributed by atoms with van der Waals surface area (Å²) in [6.45, 7) is 4.93. The predicted octanol–water partition coefficient (Wildman–Crippen LogP) is 1.97. The number of rotatable bonds is 4. The van der Waals surface area contributed by atoms with Gasteiger partial charge < -0.3 is 19.1 Å². The molecule has 2 atom stereocenters. The molecule has 8 heteroatoms. The second-order valence-electron chi connectivity index (χ2n) is 5.26. The Morgan fingerprint density at radius 2 is 2.05 bits per heavy atom. The number of nitrogens with zero attached hydrogens (tertiary/aromatic N) is 2. The van der Waals surface area contributed by atoms with Crippen LogP contribution in [-0.2, 0) is 14.2 Å². The van der Waals surface area contributed by atoms with Crippen LogP contribution < -0.4 is 0 Å². The number of ether oxygens (including phenoxy) is 3. The maximum absolute atomic E-state index is 12.0. The Bertz CT molecular complexity index is 441. The average Bonchev–Trinajstić information content (AvgIpc) is 2.82. The third-order valence-corrected chi connectivity index (χ3v) is 3.75. The largest absolute Gasteiger partial charge is 0.450 e. The zero-order valence-electron chi connectivity index (χ0n) is 12.9. The van der Waals surface area contributed by atoms with Crippen LogP contribution in [0.1, 0.15) is 33.1 Å². The molecular formula is C14H22N2O6. The summed E-state index contributed by atoms with van der Waals surface area (Å²) in [5.41, 5.74) is 0. The minimum absolute atomic E-state index is 0.230. The number of unbranched alkanes of at least 4 members (excludes halogenated alkanes) is 1. The first-order valence-electron chi connectivity index (χ1n) is 7.66. The van der Waals surface area contributed by atoms with E-state index in [4.69, 9.17) is 14.2 Å². The fourth-order valence-corrected chi connectivity index (χ4v) is 2.60. The van der Waals surface area contributed by atoms with Crippen molar-refractivity contribution in [2.75, 3.05) is 26.3 Å². The van der Waals surface area contributed by atoms with E-state index in [1.807, 2.05) is 6.92 Å². The molecule has 124 valence electrons. The zero-order valence-corrected chi connectivity index (χ0v) is 12.9. The predicted molar refractivity (Wildman–Crippen MR) is 75.4 cm³/mol. The lowest BCUT2D eigenvalue weighted by Crippen LogP contribution is -2.52. The summed E-state index contributed by atoms with van der Waals surface area (Å²) in [5, 5.41) is 0. The molecule has 2 heterocycles. The Morgan fingerprint density at radius 1 is 1.27 bits per heavy atom. The Morgan fingerprint density at radius 3 is 2.73 bits per heavy atom. The quantitative estimate of drug-likeness (QED) is 0.582. The lowest BCUT2D eigenvalue weighted by Gasteiger charge is -2.33. The van der Waals surface area contributed by atoms with E-state index in [2.05, 4.69) is 0 Å². The lowest BCUT2D eigenvalue weighted by atomic mass is 10.0. The molecule has 0 radical (unpaired) electrons. The SMILES string of the molecule is CCCCOC(=O)N1C(=O)OC2CN(C(=O)OCC)CCC21. The fraction of sp³-hybridized carbons (Fsp3) is 0.786. The highest BCUT2D eigenvalue weighted by Crippen LogP contribution is 2.28. The van der Waals surface area contributed by atoms with E-state index in [0.29, 0.717) is 19.6 Å². The van der Waals surface area contributed by atoms with Gasteiger partial charge in [0.1, 0.15) is 6.10 Å². The first-order valence-corrected chi connectivity index (χ1v) is 7.66. The molecule has 2 aliphatic rings. The van der Waals surface area contributed by atoms with E-state index in [1.54, 1.807) is 6.92 Å². The van der Waals surface area contributed by atoms with Crippen molar-refractivity contribution in [3.05, 3.63) is 0 Å². The standard InChI is InChI=1S/C14H22N2O6/c1-3-5-8-21-13(18)16-10-6-7-15(12(17)20-4-2)9-11(10)22-14(16)19/h10-11H,3-9H2,1-2H3. The smallest absolute Gasteiger partial charge is 0.420 e. The van der Waals surface area contributed by atoms with Crippen LogP contribution in [0.4, 0.5) is 14.4 Å². The molecule has 0 N–H and O–H groups in total. The number of likely N-dealkylation sites (tertiary alicyclic amines) is 1. The molecule has 2 fully saturated rings. The molecule has 2 saturated heterocycles. The molecule has 0 aromatic carbocycles. The van der Waals surface area contributed by atoms with Crippen LogP contribution >= 0.6 is 0 Å². The molecule has 2 aliphatic heterocycles. The van der Waals surface area contributed by atoms with Crippen LogP contribution in [0.3, 0.4) is 0 Å². The highest BCUT2D eigenvalue weighted by Gasteiger charge is 2.49. The van der Waals surface area contributed by atoms with Gasteiger partial charge in [-0.1, -0.05) is 13.3 Å². The van der Waals surface area contributed by atoms with E-state index in [1.165, 1.54) is 4.90 Å². The topological polar surface area (TPSA) is 85.4 Å². The van der Waals surface area contributed by atoms with E-state index in [0.717, 1.165) is 17.7 Å². The monoisotopic (exact) mass is 314 g/mol. The van der Waals surface area contributed by atoms with Crippen molar-refractivity contribution >= 4 is 18.3 Å². The molecule has 0 bridgehead atoms. The number of fused-ring (bicyclic) bond motifs is 1. The van der Waals surface area contributed by atoms with Crippen LogP contribution in [-0.4, -0.2) is 66.5 Å². The molecule has 8 nitrogen and oxygen atoms in total. The van der Waals surface area contributed by atoms with Crippen LogP contribution in [0.15, 0.2) is 0 Å². The summed E-state index contributed by atoms with van der Waals surface area (Å²) in [5.74, 6) is 0. The molecule has 0 aromatic rings. The van der Waals surface area contributed by atoms with Crippen LogP contribution in [0.5, 0.6) is 0 Å². The van der Waals surface area contributed by atoms with Gasteiger partial charge in [-0.2, -0.15) is 0 Å². The first kappa shape index (κ1) is 16.4. The Hall–Kier alpha value is -1.99. The van der Waals surface area contributed by atoms with Crippen LogP contribution in [0.25, 0.3) is 0 Å². The molecule has 2 rings (SSSR count). The third-order valence-electron chi connectivity index (χ3n) is 3.75. The van der Waals surface area contributed by atoms with Gasteiger partial charge in [0.15, 0.2) is 0 Å². The van der Waals surface area contributed by atoms with Crippen molar-refractivity contribution in [1.29, 1.82) is 0 Å². The Kier molecular flexibility index (Phi) is 5.46. The fourth-order valence-electron chi connectivity index (χ4n) is 2.60. The number of carbonyl (C=O) groups is 3. The number of amides is 3. The molecule has 3 amide bonds. The molecular weight excluding hydrogens is 292 g/mol. The summed E-state index contributed by atoms with van der Waals surface area (Å²) in [4.78, 5) is 38.1. The molecule has 0 saturated carbocycles. The third kappa shape index (κ3) is 3.42.